The minimum absolute atomic E-state index is 0. The van der Waals surface area contributed by atoms with E-state index in [-0.39, 0.29) is 7.43 Å². The first-order valence-corrected chi connectivity index (χ1v) is 1.87. The van der Waals surface area contributed by atoms with Crippen LogP contribution in [0.5, 0.6) is 0 Å². The number of rotatable bonds is 0. The molecular weight excluding hydrogens is 90.1 g/mol. The highest BCUT2D eigenvalue weighted by atomic mass is 16.1. The monoisotopic (exact) mass is 103 g/mol. The van der Waals surface area contributed by atoms with Gasteiger partial charge >= 0.3 is 0 Å². The van der Waals surface area contributed by atoms with Crippen LogP contribution in [0.2, 0.25) is 0 Å². The summed E-state index contributed by atoms with van der Waals surface area (Å²) in [6.07, 6.45) is 1.31. The van der Waals surface area contributed by atoms with Crippen molar-refractivity contribution in [3.05, 3.63) is 0 Å². The summed E-state index contributed by atoms with van der Waals surface area (Å²) in [6, 6.07) is 0. The van der Waals surface area contributed by atoms with E-state index in [1.165, 1.54) is 13.1 Å². The summed E-state index contributed by atoms with van der Waals surface area (Å²) in [5, 5.41) is 0. The molecule has 0 bridgehead atoms. The van der Waals surface area contributed by atoms with Crippen molar-refractivity contribution in [1.82, 2.24) is 0 Å². The van der Waals surface area contributed by atoms with Crippen LogP contribution in [0.1, 0.15) is 21.3 Å². The van der Waals surface area contributed by atoms with E-state index < -0.39 is 0 Å². The van der Waals surface area contributed by atoms with Gasteiger partial charge in [-0.05, 0) is 0 Å². The van der Waals surface area contributed by atoms with E-state index in [9.17, 15) is 0 Å². The SMILES string of the molecule is C.CC.CN=C=O. The van der Waals surface area contributed by atoms with Crippen LogP contribution in [-0.2, 0) is 4.79 Å². The van der Waals surface area contributed by atoms with Crippen molar-refractivity contribution in [1.29, 1.82) is 0 Å². The molecule has 0 aliphatic rings. The Bertz CT molecular complexity index is 46.0. The first-order valence-electron chi connectivity index (χ1n) is 1.87. The summed E-state index contributed by atoms with van der Waals surface area (Å²) in [4.78, 5) is 11.8. The Kier molecular flexibility index (Phi) is 125. The first kappa shape index (κ1) is 16.2. The van der Waals surface area contributed by atoms with E-state index in [1.807, 2.05) is 13.8 Å². The highest BCUT2D eigenvalue weighted by Crippen LogP contribution is 1.28. The van der Waals surface area contributed by atoms with E-state index in [2.05, 4.69) is 4.99 Å². The molecule has 7 heavy (non-hydrogen) atoms. The number of aliphatic imine (C=N–C) groups is 1. The minimum atomic E-state index is 0. The Morgan fingerprint density at radius 3 is 1.57 bits per heavy atom. The number of hydrogen-bond donors (Lipinski definition) is 0. The summed E-state index contributed by atoms with van der Waals surface area (Å²) < 4.78 is 0. The van der Waals surface area contributed by atoms with Gasteiger partial charge in [-0.1, -0.05) is 21.3 Å². The Balaban J connectivity index is -0.0000000480. The number of isocyanates is 1. The first-order chi connectivity index (χ1) is 2.91. The third kappa shape index (κ3) is 426. The maximum atomic E-state index is 8.88. The van der Waals surface area contributed by atoms with Gasteiger partial charge in [-0.3, -0.25) is 0 Å². The quantitative estimate of drug-likeness (QED) is 0.338. The molecule has 0 aromatic carbocycles. The Morgan fingerprint density at radius 2 is 1.57 bits per heavy atom. The normalized spacial score (nSPS) is 3.29. The van der Waals surface area contributed by atoms with Crippen molar-refractivity contribution in [3.63, 3.8) is 0 Å². The van der Waals surface area contributed by atoms with Gasteiger partial charge < -0.3 is 0 Å². The van der Waals surface area contributed by atoms with Crippen molar-refractivity contribution in [3.8, 4) is 0 Å². The molecule has 0 rings (SSSR count). The van der Waals surface area contributed by atoms with Gasteiger partial charge in [0.05, 0.1) is 0 Å². The lowest BCUT2D eigenvalue weighted by Gasteiger charge is -1.36. The summed E-state index contributed by atoms with van der Waals surface area (Å²) in [7, 11) is 1.38. The molecule has 0 spiro atoms. The molecule has 0 aliphatic carbocycles. The van der Waals surface area contributed by atoms with Crippen molar-refractivity contribution in [2.45, 2.75) is 21.3 Å². The zero-order chi connectivity index (χ0) is 5.41. The third-order valence-electron chi connectivity index (χ3n) is 0.0913. The van der Waals surface area contributed by atoms with Crippen molar-refractivity contribution < 1.29 is 4.79 Å². The zero-order valence-corrected chi connectivity index (χ0v) is 4.36. The predicted molar refractivity (Wildman–Crippen MR) is 32.1 cm³/mol. The molecular formula is C5H13NO. The molecule has 0 saturated heterocycles. The molecule has 2 heteroatoms. The number of hydrogen-bond acceptors (Lipinski definition) is 2. The Morgan fingerprint density at radius 1 is 1.43 bits per heavy atom. The summed E-state index contributed by atoms with van der Waals surface area (Å²) in [5.41, 5.74) is 0. The van der Waals surface area contributed by atoms with Crippen LogP contribution in [0.3, 0.4) is 0 Å². The molecule has 0 aromatic heterocycles. The maximum absolute atomic E-state index is 8.88. The molecule has 0 fully saturated rings. The highest BCUT2D eigenvalue weighted by Gasteiger charge is 1.29. The van der Waals surface area contributed by atoms with Gasteiger partial charge in [0, 0.05) is 7.05 Å². The van der Waals surface area contributed by atoms with Crippen LogP contribution in [-0.4, -0.2) is 13.1 Å². The van der Waals surface area contributed by atoms with Crippen LogP contribution in [0, 0.1) is 0 Å². The topological polar surface area (TPSA) is 29.4 Å². The average Bonchev–Trinajstić information content (AvgIpc) is 1.72. The molecule has 0 atom stereocenters. The summed E-state index contributed by atoms with van der Waals surface area (Å²) in [6.45, 7) is 4.00. The molecule has 0 radical (unpaired) electrons. The van der Waals surface area contributed by atoms with Gasteiger partial charge in [0.2, 0.25) is 6.08 Å². The van der Waals surface area contributed by atoms with E-state index in [1.54, 1.807) is 0 Å². The van der Waals surface area contributed by atoms with Gasteiger partial charge in [-0.2, -0.15) is 0 Å². The fourth-order valence-corrected chi connectivity index (χ4v) is 0. The molecule has 0 N–H and O–H groups in total. The largest absolute Gasteiger partial charge is 0.234 e. The van der Waals surface area contributed by atoms with Crippen LogP contribution in [0.25, 0.3) is 0 Å². The third-order valence-corrected chi connectivity index (χ3v) is 0.0913. The zero-order valence-electron chi connectivity index (χ0n) is 4.36. The van der Waals surface area contributed by atoms with Crippen LogP contribution < -0.4 is 0 Å². The molecule has 0 unspecified atom stereocenters. The molecule has 2 nitrogen and oxygen atoms in total. The van der Waals surface area contributed by atoms with Gasteiger partial charge in [0.1, 0.15) is 0 Å². The lowest BCUT2D eigenvalue weighted by Crippen LogP contribution is -1.38. The van der Waals surface area contributed by atoms with Crippen LogP contribution >= 0.6 is 0 Å². The van der Waals surface area contributed by atoms with E-state index in [0.29, 0.717) is 0 Å². The second-order valence-electron chi connectivity index (χ2n) is 0.315. The second-order valence-corrected chi connectivity index (χ2v) is 0.315. The molecule has 0 aliphatic heterocycles. The fourth-order valence-electron chi connectivity index (χ4n) is 0. The second kappa shape index (κ2) is 54.2. The highest BCUT2D eigenvalue weighted by molar-refractivity contribution is 5.32. The Hall–Kier alpha value is -0.620. The van der Waals surface area contributed by atoms with Crippen molar-refractivity contribution >= 4 is 6.08 Å². The number of carbonyl (C=O) groups excluding carboxylic acids is 1. The van der Waals surface area contributed by atoms with E-state index in [4.69, 9.17) is 4.79 Å². The fraction of sp³-hybridized carbons (Fsp3) is 0.800. The molecule has 0 heterocycles. The number of nitrogens with zero attached hydrogens (tertiary/aromatic N) is 1. The molecule has 0 amide bonds. The predicted octanol–water partition coefficient (Wildman–Crippen LogP) is 1.61. The van der Waals surface area contributed by atoms with Crippen LogP contribution in [0.4, 0.5) is 0 Å². The van der Waals surface area contributed by atoms with Gasteiger partial charge in [-0.25, -0.2) is 9.79 Å². The standard InChI is InChI=1S/C2H3NO.C2H6.CH4/c1-3-2-4;1-2;/h1H3;1-2H3;1H4. The molecule has 0 saturated carbocycles. The molecule has 44 valence electrons. The van der Waals surface area contributed by atoms with Gasteiger partial charge in [0.15, 0.2) is 0 Å². The van der Waals surface area contributed by atoms with Crippen molar-refractivity contribution in [2.24, 2.45) is 4.99 Å². The lowest BCUT2D eigenvalue weighted by molar-refractivity contribution is 0.564. The molecule has 0 aromatic rings. The van der Waals surface area contributed by atoms with Crippen molar-refractivity contribution in [2.75, 3.05) is 7.05 Å². The van der Waals surface area contributed by atoms with Gasteiger partial charge in [-0.15, -0.1) is 0 Å². The van der Waals surface area contributed by atoms with E-state index >= 15 is 0 Å². The summed E-state index contributed by atoms with van der Waals surface area (Å²) in [5.74, 6) is 0. The average molecular weight is 103 g/mol. The van der Waals surface area contributed by atoms with E-state index in [0.717, 1.165) is 0 Å². The Labute approximate surface area is 45.3 Å². The maximum Gasteiger partial charge on any atom is 0.234 e. The summed E-state index contributed by atoms with van der Waals surface area (Å²) >= 11 is 0. The van der Waals surface area contributed by atoms with Gasteiger partial charge in [0.25, 0.3) is 0 Å². The van der Waals surface area contributed by atoms with Crippen LogP contribution in [0.15, 0.2) is 4.99 Å². The smallest absolute Gasteiger partial charge is 0.211 e. The lowest BCUT2D eigenvalue weighted by atomic mass is 11.0. The minimum Gasteiger partial charge on any atom is -0.211 e.